The third-order valence-corrected chi connectivity index (χ3v) is 3.66. The molecular formula is C9H19F2O4P. The summed E-state index contributed by atoms with van der Waals surface area (Å²) in [7, 11) is -2.73. The summed E-state index contributed by atoms with van der Waals surface area (Å²) in [6, 6.07) is 0. The Kier molecular flexibility index (Phi) is 5.53. The van der Waals surface area contributed by atoms with Crippen LogP contribution in [0.15, 0.2) is 0 Å². The molecule has 0 amide bonds. The average Bonchev–Trinajstić information content (AvgIpc) is 2.13. The van der Waals surface area contributed by atoms with E-state index in [2.05, 4.69) is 13.8 Å². The first-order valence-electron chi connectivity index (χ1n) is 4.81. The van der Waals surface area contributed by atoms with Gasteiger partial charge in [0.05, 0.1) is 6.61 Å². The fourth-order valence-electron chi connectivity index (χ4n) is 0.846. The number of hydrogen-bond donors (Lipinski definition) is 0. The van der Waals surface area contributed by atoms with Crippen LogP contribution in [0.5, 0.6) is 0 Å². The van der Waals surface area contributed by atoms with E-state index in [9.17, 15) is 13.3 Å². The molecule has 0 N–H and O–H groups in total. The third kappa shape index (κ3) is 4.45. The number of hydrogen-bond acceptors (Lipinski definition) is 4. The molecule has 0 aliphatic carbocycles. The van der Waals surface area contributed by atoms with Crippen molar-refractivity contribution in [1.82, 2.24) is 0 Å². The quantitative estimate of drug-likeness (QED) is 0.686. The number of ether oxygens (including phenoxy) is 1. The van der Waals surface area contributed by atoms with Crippen molar-refractivity contribution in [2.24, 2.45) is 5.41 Å². The highest BCUT2D eigenvalue weighted by Gasteiger charge is 2.54. The lowest BCUT2D eigenvalue weighted by Crippen LogP contribution is -2.25. The number of rotatable bonds is 6. The summed E-state index contributed by atoms with van der Waals surface area (Å²) in [5.74, 6) is -3.91. The van der Waals surface area contributed by atoms with Crippen LogP contribution in [0.25, 0.3) is 0 Å². The maximum absolute atomic E-state index is 13.3. The van der Waals surface area contributed by atoms with Crippen LogP contribution in [-0.2, 0) is 18.3 Å². The smallest absolute Gasteiger partial charge is 0.311 e. The zero-order valence-electron chi connectivity index (χ0n) is 10.3. The summed E-state index contributed by atoms with van der Waals surface area (Å²) < 4.78 is 50.7. The van der Waals surface area contributed by atoms with E-state index in [1.807, 2.05) is 20.8 Å². The molecule has 0 fully saturated rings. The lowest BCUT2D eigenvalue weighted by molar-refractivity contribution is -0.189. The average molecular weight is 260 g/mol. The lowest BCUT2D eigenvalue weighted by atomic mass is 9.93. The largest absolute Gasteiger partial charge is 0.459 e. The minimum atomic E-state index is -4.52. The molecule has 0 radical (unpaired) electrons. The first-order valence-corrected chi connectivity index (χ1v) is 6.35. The summed E-state index contributed by atoms with van der Waals surface area (Å²) in [5.41, 5.74) is -0.139. The van der Waals surface area contributed by atoms with Crippen LogP contribution >= 0.6 is 7.60 Å². The van der Waals surface area contributed by atoms with E-state index in [1.54, 1.807) is 0 Å². The van der Waals surface area contributed by atoms with Crippen LogP contribution in [0, 0.1) is 5.41 Å². The van der Waals surface area contributed by atoms with Gasteiger partial charge in [-0.05, 0) is 11.8 Å². The van der Waals surface area contributed by atoms with Gasteiger partial charge < -0.3 is 13.8 Å². The highest BCUT2D eigenvalue weighted by atomic mass is 31.2. The van der Waals surface area contributed by atoms with Crippen molar-refractivity contribution in [3.63, 3.8) is 0 Å². The zero-order chi connectivity index (χ0) is 13.0. The van der Waals surface area contributed by atoms with E-state index >= 15 is 0 Å². The van der Waals surface area contributed by atoms with Gasteiger partial charge in [-0.25, -0.2) is 0 Å². The highest BCUT2D eigenvalue weighted by Crippen LogP contribution is 2.61. The van der Waals surface area contributed by atoms with E-state index in [-0.39, 0.29) is 12.0 Å². The van der Waals surface area contributed by atoms with E-state index in [4.69, 9.17) is 0 Å². The van der Waals surface area contributed by atoms with Crippen LogP contribution in [0.4, 0.5) is 8.78 Å². The molecule has 0 aromatic carbocycles. The molecule has 16 heavy (non-hydrogen) atoms. The summed E-state index contributed by atoms with van der Waals surface area (Å²) in [6.07, 6.45) is 0.413. The molecular weight excluding hydrogens is 241 g/mol. The maximum Gasteiger partial charge on any atom is 0.459 e. The van der Waals surface area contributed by atoms with Crippen LogP contribution in [0.3, 0.4) is 0 Å². The first kappa shape index (κ1) is 16.0. The molecule has 98 valence electrons. The molecule has 4 nitrogen and oxygen atoms in total. The molecule has 0 rings (SSSR count). The van der Waals surface area contributed by atoms with Crippen molar-refractivity contribution < 1.29 is 27.1 Å². The zero-order valence-corrected chi connectivity index (χ0v) is 11.1. The normalized spacial score (nSPS) is 14.2. The van der Waals surface area contributed by atoms with Crippen molar-refractivity contribution in [3.05, 3.63) is 0 Å². The fraction of sp³-hybridized carbons (Fsp3) is 1.00. The first-order chi connectivity index (χ1) is 7.08. The van der Waals surface area contributed by atoms with Crippen molar-refractivity contribution in [1.29, 1.82) is 0 Å². The fourth-order valence-corrected chi connectivity index (χ4v) is 1.67. The molecule has 0 aromatic rings. The lowest BCUT2D eigenvalue weighted by Gasteiger charge is -2.25. The molecule has 0 aliphatic heterocycles. The van der Waals surface area contributed by atoms with Gasteiger partial charge >= 0.3 is 13.4 Å². The van der Waals surface area contributed by atoms with Crippen LogP contribution in [0.2, 0.25) is 0 Å². The molecule has 0 heterocycles. The maximum atomic E-state index is 13.3. The van der Waals surface area contributed by atoms with Gasteiger partial charge in [0, 0.05) is 14.2 Å². The van der Waals surface area contributed by atoms with Crippen molar-refractivity contribution in [2.45, 2.75) is 33.0 Å². The monoisotopic (exact) mass is 260 g/mol. The topological polar surface area (TPSA) is 44.8 Å². The minimum Gasteiger partial charge on any atom is -0.311 e. The molecule has 0 bridgehead atoms. The Labute approximate surface area is 94.8 Å². The Bertz CT molecular complexity index is 255. The van der Waals surface area contributed by atoms with E-state index in [1.165, 1.54) is 0 Å². The second kappa shape index (κ2) is 5.54. The van der Waals surface area contributed by atoms with Crippen molar-refractivity contribution >= 4 is 7.60 Å². The van der Waals surface area contributed by atoms with Crippen LogP contribution in [-0.4, -0.2) is 26.7 Å². The Morgan fingerprint density at radius 2 is 1.56 bits per heavy atom. The summed E-state index contributed by atoms with van der Waals surface area (Å²) in [4.78, 5) is 0. The van der Waals surface area contributed by atoms with Gasteiger partial charge in [-0.15, -0.1) is 0 Å². The molecule has 0 saturated heterocycles. The van der Waals surface area contributed by atoms with Gasteiger partial charge in [0.2, 0.25) is 0 Å². The standard InChI is InChI=1S/C9H19F2O4P/c1-8(2,3)6-7-15-9(10,11)16(12,13-4)14-5/h6-7H2,1-5H3. The van der Waals surface area contributed by atoms with Gasteiger partial charge in [-0.3, -0.25) is 4.57 Å². The molecule has 0 aliphatic rings. The Balaban J connectivity index is 4.41. The molecule has 0 aromatic heterocycles. The van der Waals surface area contributed by atoms with Gasteiger partial charge in [-0.2, -0.15) is 8.78 Å². The Hall–Kier alpha value is -0.0300. The second-order valence-corrected chi connectivity index (χ2v) is 6.75. The molecule has 0 atom stereocenters. The second-order valence-electron chi connectivity index (χ2n) is 4.51. The molecule has 0 unspecified atom stereocenters. The van der Waals surface area contributed by atoms with E-state index in [0.29, 0.717) is 6.42 Å². The van der Waals surface area contributed by atoms with Gasteiger partial charge in [-0.1, -0.05) is 20.8 Å². The Morgan fingerprint density at radius 3 is 1.88 bits per heavy atom. The Morgan fingerprint density at radius 1 is 1.12 bits per heavy atom. The van der Waals surface area contributed by atoms with E-state index in [0.717, 1.165) is 14.2 Å². The predicted molar refractivity (Wildman–Crippen MR) is 56.6 cm³/mol. The van der Waals surface area contributed by atoms with Gasteiger partial charge in [0.15, 0.2) is 0 Å². The summed E-state index contributed by atoms with van der Waals surface area (Å²) in [5, 5.41) is 0. The molecule has 0 saturated carbocycles. The van der Waals surface area contributed by atoms with Crippen molar-refractivity contribution in [2.75, 3.05) is 20.8 Å². The van der Waals surface area contributed by atoms with Crippen LogP contribution < -0.4 is 0 Å². The molecule has 7 heteroatoms. The molecule has 0 spiro atoms. The minimum absolute atomic E-state index is 0.139. The van der Waals surface area contributed by atoms with Crippen molar-refractivity contribution in [3.8, 4) is 0 Å². The number of alkyl halides is 2. The highest BCUT2D eigenvalue weighted by molar-refractivity contribution is 7.54. The van der Waals surface area contributed by atoms with Gasteiger partial charge in [0.1, 0.15) is 0 Å². The predicted octanol–water partition coefficient (Wildman–Crippen LogP) is 3.48. The summed E-state index contributed by atoms with van der Waals surface area (Å²) in [6.45, 7) is 5.45. The summed E-state index contributed by atoms with van der Waals surface area (Å²) >= 11 is 0. The van der Waals surface area contributed by atoms with E-state index < -0.39 is 13.4 Å². The SMILES string of the molecule is COP(=O)(OC)C(F)(F)OCCC(C)(C)C. The van der Waals surface area contributed by atoms with Crippen LogP contribution in [0.1, 0.15) is 27.2 Å². The van der Waals surface area contributed by atoms with Gasteiger partial charge in [0.25, 0.3) is 0 Å². The number of halogens is 2. The third-order valence-electron chi connectivity index (χ3n) is 1.93.